The van der Waals surface area contributed by atoms with Crippen LogP contribution in [-0.4, -0.2) is 41.9 Å². The highest BCUT2D eigenvalue weighted by Gasteiger charge is 2.30. The number of amides is 1. The summed E-state index contributed by atoms with van der Waals surface area (Å²) in [4.78, 5) is 14.4. The molecule has 0 saturated heterocycles. The molecule has 122 valence electrons. The van der Waals surface area contributed by atoms with Crippen molar-refractivity contribution in [1.29, 1.82) is 0 Å². The van der Waals surface area contributed by atoms with Crippen LogP contribution in [-0.2, 0) is 18.4 Å². The average Bonchev–Trinajstić information content (AvgIpc) is 3.11. The lowest BCUT2D eigenvalue weighted by Gasteiger charge is -2.33. The molecular formula is C16H22N6O. The molecule has 3 heterocycles. The highest BCUT2D eigenvalue weighted by molar-refractivity contribution is 5.91. The molecule has 23 heavy (non-hydrogen) atoms. The van der Waals surface area contributed by atoms with E-state index in [9.17, 15) is 4.79 Å². The molecule has 0 fully saturated rings. The second-order valence-corrected chi connectivity index (χ2v) is 6.14. The van der Waals surface area contributed by atoms with Gasteiger partial charge in [0.1, 0.15) is 5.82 Å². The van der Waals surface area contributed by atoms with Gasteiger partial charge in [0.05, 0.1) is 11.7 Å². The van der Waals surface area contributed by atoms with Gasteiger partial charge in [-0.15, -0.1) is 10.2 Å². The van der Waals surface area contributed by atoms with Crippen molar-refractivity contribution in [3.05, 3.63) is 35.7 Å². The summed E-state index contributed by atoms with van der Waals surface area (Å²) in [5.41, 5.74) is 0.897. The van der Waals surface area contributed by atoms with Crippen LogP contribution in [0, 0.1) is 0 Å². The van der Waals surface area contributed by atoms with Gasteiger partial charge in [-0.05, 0) is 19.1 Å². The Morgan fingerprint density at radius 1 is 1.35 bits per heavy atom. The summed E-state index contributed by atoms with van der Waals surface area (Å²) < 4.78 is 3.87. The Kier molecular flexibility index (Phi) is 4.02. The van der Waals surface area contributed by atoms with Crippen molar-refractivity contribution in [3.63, 3.8) is 0 Å². The van der Waals surface area contributed by atoms with Crippen LogP contribution in [0.4, 0.5) is 0 Å². The molecule has 1 aliphatic heterocycles. The van der Waals surface area contributed by atoms with Crippen LogP contribution >= 0.6 is 0 Å². The van der Waals surface area contributed by atoms with Gasteiger partial charge in [0, 0.05) is 38.3 Å². The van der Waals surface area contributed by atoms with Gasteiger partial charge < -0.3 is 9.47 Å². The van der Waals surface area contributed by atoms with Crippen molar-refractivity contribution in [3.8, 4) is 0 Å². The second kappa shape index (κ2) is 5.98. The van der Waals surface area contributed by atoms with E-state index in [0.29, 0.717) is 12.5 Å². The Morgan fingerprint density at radius 3 is 2.78 bits per heavy atom. The lowest BCUT2D eigenvalue weighted by molar-refractivity contribution is -0.129. The maximum absolute atomic E-state index is 12.5. The molecule has 0 N–H and O–H groups in total. The van der Waals surface area contributed by atoms with E-state index in [4.69, 9.17) is 0 Å². The number of hydrogen-bond donors (Lipinski definition) is 0. The fraction of sp³-hybridized carbons (Fsp3) is 0.500. The minimum Gasteiger partial charge on any atom is -0.327 e. The molecule has 0 spiro atoms. The van der Waals surface area contributed by atoms with Gasteiger partial charge in [0.15, 0.2) is 5.82 Å². The number of hydrogen-bond acceptors (Lipinski definition) is 4. The standard InChI is InChI=1S/C16H22N6O/c1-11(2)15-18-19-16-12(3)21(9-10-22(15)16)14(23)6-5-13-7-8-17-20(13)4/h5-8,11-12H,9-10H2,1-4H3/b6-5+. The van der Waals surface area contributed by atoms with E-state index < -0.39 is 0 Å². The minimum absolute atomic E-state index is 0.0148. The molecule has 1 atom stereocenters. The predicted octanol–water partition coefficient (Wildman–Crippen LogP) is 1.75. The third kappa shape index (κ3) is 2.78. The van der Waals surface area contributed by atoms with Gasteiger partial charge >= 0.3 is 0 Å². The monoisotopic (exact) mass is 314 g/mol. The van der Waals surface area contributed by atoms with Crippen LogP contribution in [0.15, 0.2) is 18.3 Å². The zero-order valence-electron chi connectivity index (χ0n) is 14.0. The summed E-state index contributed by atoms with van der Waals surface area (Å²) in [6, 6.07) is 1.79. The van der Waals surface area contributed by atoms with Crippen molar-refractivity contribution in [2.75, 3.05) is 6.54 Å². The topological polar surface area (TPSA) is 68.8 Å². The first-order valence-corrected chi connectivity index (χ1v) is 7.88. The molecule has 2 aromatic heterocycles. The summed E-state index contributed by atoms with van der Waals surface area (Å²) in [6.07, 6.45) is 5.10. The highest BCUT2D eigenvalue weighted by Crippen LogP contribution is 2.26. The van der Waals surface area contributed by atoms with Crippen molar-refractivity contribution in [1.82, 2.24) is 29.4 Å². The van der Waals surface area contributed by atoms with Crippen LogP contribution in [0.5, 0.6) is 0 Å². The van der Waals surface area contributed by atoms with E-state index >= 15 is 0 Å². The first-order valence-electron chi connectivity index (χ1n) is 7.88. The third-order valence-electron chi connectivity index (χ3n) is 4.27. The fourth-order valence-corrected chi connectivity index (χ4v) is 2.94. The highest BCUT2D eigenvalue weighted by atomic mass is 16.2. The van der Waals surface area contributed by atoms with Gasteiger partial charge in [0.25, 0.3) is 0 Å². The molecule has 0 saturated carbocycles. The first kappa shape index (κ1) is 15.5. The number of fused-ring (bicyclic) bond motifs is 1. The second-order valence-electron chi connectivity index (χ2n) is 6.14. The molecule has 0 radical (unpaired) electrons. The molecule has 1 aliphatic rings. The maximum atomic E-state index is 12.5. The van der Waals surface area contributed by atoms with Gasteiger partial charge in [-0.1, -0.05) is 13.8 Å². The van der Waals surface area contributed by atoms with Crippen LogP contribution < -0.4 is 0 Å². The summed E-state index contributed by atoms with van der Waals surface area (Å²) in [6.45, 7) is 7.62. The van der Waals surface area contributed by atoms with E-state index in [-0.39, 0.29) is 11.9 Å². The molecule has 0 aromatic carbocycles. The molecule has 1 amide bonds. The number of aromatic nitrogens is 5. The van der Waals surface area contributed by atoms with Crippen LogP contribution in [0.2, 0.25) is 0 Å². The van der Waals surface area contributed by atoms with Crippen LogP contribution in [0.1, 0.15) is 50.1 Å². The zero-order valence-corrected chi connectivity index (χ0v) is 14.0. The van der Waals surface area contributed by atoms with E-state index in [1.54, 1.807) is 23.0 Å². The smallest absolute Gasteiger partial charge is 0.247 e. The maximum Gasteiger partial charge on any atom is 0.247 e. The lowest BCUT2D eigenvalue weighted by atomic mass is 10.1. The molecule has 7 nitrogen and oxygen atoms in total. The van der Waals surface area contributed by atoms with Crippen molar-refractivity contribution in [2.45, 2.75) is 39.3 Å². The molecule has 0 bridgehead atoms. The molecule has 0 aliphatic carbocycles. The number of carbonyl (C=O) groups excluding carboxylic acids is 1. The number of nitrogens with zero attached hydrogens (tertiary/aromatic N) is 6. The Bertz CT molecular complexity index is 742. The molecule has 2 aromatic rings. The van der Waals surface area contributed by atoms with Gasteiger partial charge in [0.2, 0.25) is 5.91 Å². The number of carbonyl (C=O) groups is 1. The predicted molar refractivity (Wildman–Crippen MR) is 86.5 cm³/mol. The Hall–Kier alpha value is -2.44. The van der Waals surface area contributed by atoms with Gasteiger partial charge in [-0.3, -0.25) is 9.48 Å². The Labute approximate surface area is 135 Å². The van der Waals surface area contributed by atoms with Crippen molar-refractivity contribution in [2.24, 2.45) is 7.05 Å². The first-order chi connectivity index (χ1) is 11.0. The summed E-state index contributed by atoms with van der Waals surface area (Å²) >= 11 is 0. The Balaban J connectivity index is 1.78. The normalized spacial score (nSPS) is 18.0. The summed E-state index contributed by atoms with van der Waals surface area (Å²) in [5, 5.41) is 12.7. The van der Waals surface area contributed by atoms with Crippen molar-refractivity contribution >= 4 is 12.0 Å². The van der Waals surface area contributed by atoms with E-state index in [0.717, 1.165) is 23.9 Å². The third-order valence-corrected chi connectivity index (χ3v) is 4.27. The molecule has 1 unspecified atom stereocenters. The van der Waals surface area contributed by atoms with Crippen LogP contribution in [0.3, 0.4) is 0 Å². The molecule has 3 rings (SSSR count). The summed E-state index contributed by atoms with van der Waals surface area (Å²) in [5.74, 6) is 2.17. The largest absolute Gasteiger partial charge is 0.327 e. The fourth-order valence-electron chi connectivity index (χ4n) is 2.94. The quantitative estimate of drug-likeness (QED) is 0.809. The van der Waals surface area contributed by atoms with E-state index in [1.165, 1.54) is 0 Å². The SMILES string of the molecule is CC(C)c1nnc2n1CCN(C(=O)/C=C/c1ccnn1C)C2C. The molecular weight excluding hydrogens is 292 g/mol. The number of aryl methyl sites for hydroxylation is 1. The minimum atomic E-state index is -0.0764. The van der Waals surface area contributed by atoms with Crippen LogP contribution in [0.25, 0.3) is 6.08 Å². The Morgan fingerprint density at radius 2 is 2.13 bits per heavy atom. The average molecular weight is 314 g/mol. The number of rotatable bonds is 3. The van der Waals surface area contributed by atoms with Gasteiger partial charge in [-0.25, -0.2) is 0 Å². The molecule has 7 heteroatoms. The van der Waals surface area contributed by atoms with E-state index in [2.05, 4.69) is 33.7 Å². The summed E-state index contributed by atoms with van der Waals surface area (Å²) in [7, 11) is 1.85. The zero-order chi connectivity index (χ0) is 16.6. The van der Waals surface area contributed by atoms with E-state index in [1.807, 2.05) is 24.9 Å². The van der Waals surface area contributed by atoms with Gasteiger partial charge in [-0.2, -0.15) is 5.10 Å². The lowest BCUT2D eigenvalue weighted by Crippen LogP contribution is -2.40. The van der Waals surface area contributed by atoms with Crippen molar-refractivity contribution < 1.29 is 4.79 Å².